The predicted octanol–water partition coefficient (Wildman–Crippen LogP) is 13.6. The van der Waals surface area contributed by atoms with Crippen LogP contribution in [0.2, 0.25) is 0 Å². The molecule has 0 atom stereocenters. The number of rotatable bonds is 8. The molecule has 0 radical (unpaired) electrons. The van der Waals surface area contributed by atoms with Crippen molar-refractivity contribution in [1.82, 2.24) is 15.0 Å². The second-order valence-electron chi connectivity index (χ2n) is 15.7. The van der Waals surface area contributed by atoms with Gasteiger partial charge in [0.1, 0.15) is 22.3 Å². The molecule has 3 aromatic heterocycles. The fourth-order valence-electron chi connectivity index (χ4n) is 8.38. The van der Waals surface area contributed by atoms with Crippen LogP contribution in [0.1, 0.15) is 11.3 Å². The number of furan rings is 2. The van der Waals surface area contributed by atoms with Crippen LogP contribution >= 0.6 is 0 Å². The minimum Gasteiger partial charge on any atom is -0.461 e. The van der Waals surface area contributed by atoms with Crippen molar-refractivity contribution in [3.05, 3.63) is 222 Å². The molecule has 11 rings (SSSR count). The summed E-state index contributed by atoms with van der Waals surface area (Å²) >= 11 is 0. The number of aryl methyl sites for hydroxylation is 1. The molecule has 0 N–H and O–H groups in total. The summed E-state index contributed by atoms with van der Waals surface area (Å²) in [6, 6.07) is 69.0. The number of para-hydroxylation sites is 1. The molecule has 0 aliphatic carbocycles. The van der Waals surface area contributed by atoms with Crippen molar-refractivity contribution in [1.29, 1.82) is 0 Å². The van der Waals surface area contributed by atoms with Gasteiger partial charge in [0.05, 0.1) is 0 Å². The van der Waals surface area contributed by atoms with Crippen molar-refractivity contribution in [2.45, 2.75) is 6.92 Å². The van der Waals surface area contributed by atoms with Crippen LogP contribution in [0.25, 0.3) is 113 Å². The molecule has 0 saturated carbocycles. The van der Waals surface area contributed by atoms with Crippen LogP contribution in [0.3, 0.4) is 0 Å². The van der Waals surface area contributed by atoms with Gasteiger partial charge in [-0.15, -0.1) is 0 Å². The van der Waals surface area contributed by atoms with E-state index in [0.29, 0.717) is 17.5 Å². The summed E-state index contributed by atoms with van der Waals surface area (Å²) < 4.78 is 12.5. The molecule has 0 fully saturated rings. The van der Waals surface area contributed by atoms with Gasteiger partial charge in [0.2, 0.25) is 0 Å². The summed E-state index contributed by atoms with van der Waals surface area (Å²) in [7, 11) is 0. The second kappa shape index (κ2) is 15.9. The lowest BCUT2D eigenvalue weighted by molar-refractivity contribution is 0.570. The zero-order chi connectivity index (χ0) is 42.3. The molecule has 0 spiro atoms. The minimum absolute atomic E-state index is 0.600. The molecule has 8 aromatic carbocycles. The number of benzene rings is 8. The monoisotopic (exact) mass is 809 g/mol. The molecule has 3 heterocycles. The van der Waals surface area contributed by atoms with Gasteiger partial charge in [0.25, 0.3) is 0 Å². The molecule has 0 unspecified atom stereocenters. The van der Waals surface area contributed by atoms with Gasteiger partial charge in [0.15, 0.2) is 17.5 Å². The van der Waals surface area contributed by atoms with E-state index < -0.39 is 0 Å². The Bertz CT molecular complexity index is 3510. The molecule has 5 heteroatoms. The molecular formula is C58H39N3O2. The highest BCUT2D eigenvalue weighted by Gasteiger charge is 2.16. The summed E-state index contributed by atoms with van der Waals surface area (Å²) in [5.74, 6) is 2.64. The van der Waals surface area contributed by atoms with E-state index in [1.54, 1.807) is 0 Å². The topological polar surface area (TPSA) is 65.0 Å². The lowest BCUT2D eigenvalue weighted by Crippen LogP contribution is -2.18. The first-order valence-corrected chi connectivity index (χ1v) is 21.0. The van der Waals surface area contributed by atoms with Gasteiger partial charge in [-0.2, -0.15) is 0 Å². The smallest absolute Gasteiger partial charge is 0.164 e. The maximum Gasteiger partial charge on any atom is 0.164 e. The molecular weight excluding hydrogens is 771 g/mol. The third-order valence-corrected chi connectivity index (χ3v) is 11.7. The fraction of sp³-hybridized carbons (Fsp3) is 0.0172. The largest absolute Gasteiger partial charge is 0.461 e. The van der Waals surface area contributed by atoms with Gasteiger partial charge >= 0.3 is 0 Å². The van der Waals surface area contributed by atoms with Gasteiger partial charge in [-0.05, 0) is 100.0 Å². The van der Waals surface area contributed by atoms with Crippen LogP contribution in [0.15, 0.2) is 209 Å². The Morgan fingerprint density at radius 3 is 1.27 bits per heavy atom. The van der Waals surface area contributed by atoms with E-state index in [9.17, 15) is 0 Å². The second-order valence-corrected chi connectivity index (χ2v) is 15.7. The number of fused-ring (bicyclic) bond motifs is 2. The van der Waals surface area contributed by atoms with Gasteiger partial charge in [-0.25, -0.2) is 15.0 Å². The maximum atomic E-state index is 6.24. The average Bonchev–Trinajstić information content (AvgIpc) is 3.85. The highest BCUT2D eigenvalue weighted by molar-refractivity contribution is 5.93. The third-order valence-electron chi connectivity index (χ3n) is 11.7. The van der Waals surface area contributed by atoms with E-state index in [1.165, 1.54) is 0 Å². The van der Waals surface area contributed by atoms with Gasteiger partial charge < -0.3 is 8.83 Å². The van der Waals surface area contributed by atoms with Crippen LogP contribution < -0.4 is 10.6 Å². The number of aromatic nitrogens is 3. The van der Waals surface area contributed by atoms with E-state index in [4.69, 9.17) is 23.8 Å². The number of hydrogen-bond donors (Lipinski definition) is 0. The Morgan fingerprint density at radius 1 is 0.365 bits per heavy atom. The lowest BCUT2D eigenvalue weighted by Gasteiger charge is -2.12. The highest BCUT2D eigenvalue weighted by atomic mass is 16.3. The molecule has 298 valence electrons. The molecule has 0 aliphatic heterocycles. The van der Waals surface area contributed by atoms with E-state index in [2.05, 4.69) is 164 Å². The standard InChI is InChI=1S/C58H39N3O2/c1-37-50-27-9-10-28-53(50)63-55(37)36-51-38(2)62-54-30-29-46(35-52(51)54)44-22-11-21-43(31-44)45-23-14-26-49(34-45)58-60-56(47-24-12-19-41(32-47)39-15-5-3-6-16-39)59-57(61-58)48-25-13-20-42(33-48)40-17-7-4-8-18-40/h3-36H,1H2,2H3/b55-36+. The summed E-state index contributed by atoms with van der Waals surface area (Å²) in [5.41, 5.74) is 14.8. The van der Waals surface area contributed by atoms with Crippen molar-refractivity contribution in [3.8, 4) is 78.7 Å². The van der Waals surface area contributed by atoms with Crippen LogP contribution in [0.5, 0.6) is 0 Å². The van der Waals surface area contributed by atoms with Crippen molar-refractivity contribution < 1.29 is 8.83 Å². The van der Waals surface area contributed by atoms with Crippen LogP contribution in [0.4, 0.5) is 0 Å². The van der Waals surface area contributed by atoms with Gasteiger partial charge in [-0.3, -0.25) is 0 Å². The zero-order valence-corrected chi connectivity index (χ0v) is 34.5. The van der Waals surface area contributed by atoms with E-state index in [1.807, 2.05) is 55.5 Å². The minimum atomic E-state index is 0.600. The average molecular weight is 810 g/mol. The van der Waals surface area contributed by atoms with Crippen LogP contribution in [0, 0.1) is 6.92 Å². The van der Waals surface area contributed by atoms with E-state index in [0.717, 1.165) is 105 Å². The highest BCUT2D eigenvalue weighted by Crippen LogP contribution is 2.35. The summed E-state index contributed by atoms with van der Waals surface area (Å²) in [6.07, 6.45) is 2.05. The Kier molecular flexibility index (Phi) is 9.48. The van der Waals surface area contributed by atoms with Gasteiger partial charge in [-0.1, -0.05) is 164 Å². The Balaban J connectivity index is 0.983. The molecule has 0 saturated heterocycles. The van der Waals surface area contributed by atoms with Crippen molar-refractivity contribution in [3.63, 3.8) is 0 Å². The van der Waals surface area contributed by atoms with Gasteiger partial charge in [0, 0.05) is 38.2 Å². The summed E-state index contributed by atoms with van der Waals surface area (Å²) in [5, 5.41) is 2.89. The predicted molar refractivity (Wildman–Crippen MR) is 257 cm³/mol. The normalized spacial score (nSPS) is 11.7. The summed E-state index contributed by atoms with van der Waals surface area (Å²) in [4.78, 5) is 15.4. The van der Waals surface area contributed by atoms with Crippen LogP contribution in [-0.2, 0) is 0 Å². The maximum absolute atomic E-state index is 6.24. The van der Waals surface area contributed by atoms with E-state index >= 15 is 0 Å². The molecule has 0 amide bonds. The van der Waals surface area contributed by atoms with Crippen molar-refractivity contribution in [2.75, 3.05) is 0 Å². The summed E-state index contributed by atoms with van der Waals surface area (Å²) in [6.45, 7) is 6.32. The van der Waals surface area contributed by atoms with Crippen molar-refractivity contribution in [2.24, 2.45) is 0 Å². The molecule has 0 bridgehead atoms. The Morgan fingerprint density at radius 2 is 0.762 bits per heavy atom. The molecule has 5 nitrogen and oxygen atoms in total. The van der Waals surface area contributed by atoms with Crippen molar-refractivity contribution >= 4 is 34.6 Å². The SMILES string of the molecule is C=c1/c(=C\c2c(C)oc3ccc(-c4cccc(-c5cccc(-c6nc(-c7cccc(-c8ccccc8)c7)nc(-c7cccc(-c8ccccc8)c7)n6)c5)c4)cc23)oc2ccccc12. The lowest BCUT2D eigenvalue weighted by atomic mass is 9.96. The Hall–Kier alpha value is -8.41. The first kappa shape index (κ1) is 37.6. The molecule has 0 aliphatic rings. The third kappa shape index (κ3) is 7.32. The first-order valence-electron chi connectivity index (χ1n) is 21.0. The number of hydrogen-bond acceptors (Lipinski definition) is 5. The number of nitrogens with zero attached hydrogens (tertiary/aromatic N) is 3. The first-order chi connectivity index (χ1) is 31.0. The fourth-order valence-corrected chi connectivity index (χ4v) is 8.38. The quantitative estimate of drug-likeness (QED) is 0.153. The zero-order valence-electron chi connectivity index (χ0n) is 34.5. The van der Waals surface area contributed by atoms with E-state index in [-0.39, 0.29) is 0 Å². The van der Waals surface area contributed by atoms with Crippen LogP contribution in [-0.4, -0.2) is 15.0 Å². The molecule has 11 aromatic rings. The molecule has 63 heavy (non-hydrogen) atoms. The Labute approximate surface area is 364 Å².